The van der Waals surface area contributed by atoms with Crippen molar-refractivity contribution in [3.63, 3.8) is 0 Å². The molecule has 0 aliphatic rings. The van der Waals surface area contributed by atoms with Gasteiger partial charge in [-0.3, -0.25) is 4.79 Å². The van der Waals surface area contributed by atoms with E-state index in [4.69, 9.17) is 9.15 Å². The number of fused-ring (bicyclic) bond motifs is 1. The Bertz CT molecular complexity index is 1920. The first-order valence-electron chi connectivity index (χ1n) is 14.7. The van der Waals surface area contributed by atoms with E-state index in [2.05, 4.69) is 41.1 Å². The molecule has 5 rings (SSSR count). The Morgan fingerprint density at radius 3 is 2.43 bits per heavy atom. The van der Waals surface area contributed by atoms with Crippen LogP contribution < -0.4 is 10.2 Å². The van der Waals surface area contributed by atoms with E-state index in [1.165, 1.54) is 53.7 Å². The van der Waals surface area contributed by atoms with E-state index in [-0.39, 0.29) is 23.7 Å². The summed E-state index contributed by atoms with van der Waals surface area (Å²) in [6.45, 7) is 4.12. The maximum atomic E-state index is 13.1. The summed E-state index contributed by atoms with van der Waals surface area (Å²) in [5.74, 6) is -0.381. The molecule has 0 spiro atoms. The van der Waals surface area contributed by atoms with Crippen molar-refractivity contribution in [2.24, 2.45) is 5.10 Å². The van der Waals surface area contributed by atoms with Crippen LogP contribution in [0.3, 0.4) is 0 Å². The van der Waals surface area contributed by atoms with Crippen molar-refractivity contribution in [2.75, 3.05) is 7.11 Å². The van der Waals surface area contributed by atoms with Crippen LogP contribution in [0.2, 0.25) is 0 Å². The van der Waals surface area contributed by atoms with E-state index >= 15 is 0 Å². The number of methoxy groups -OCH3 is 1. The van der Waals surface area contributed by atoms with E-state index in [1.807, 2.05) is 36.5 Å². The first-order valence-corrected chi connectivity index (χ1v) is 17.8. The summed E-state index contributed by atoms with van der Waals surface area (Å²) in [5, 5.41) is 5.42. The Morgan fingerprint density at radius 2 is 1.66 bits per heavy atom. The maximum absolute atomic E-state index is 13.1. The van der Waals surface area contributed by atoms with Gasteiger partial charge in [0.15, 0.2) is 0 Å². The van der Waals surface area contributed by atoms with Gasteiger partial charge in [0.2, 0.25) is 0 Å². The second-order valence-electron chi connectivity index (χ2n) is 10.7. The lowest BCUT2D eigenvalue weighted by atomic mass is 10.1. The number of nitrogens with one attached hydrogen (secondary N) is 1. The molecule has 0 saturated carbocycles. The van der Waals surface area contributed by atoms with Crippen LogP contribution in [0.1, 0.15) is 55.0 Å². The number of benzene rings is 2. The Hall–Kier alpha value is -3.73. The molecule has 44 heavy (non-hydrogen) atoms. The molecule has 0 unspecified atom stereocenters. The molecule has 0 aliphatic heterocycles. The van der Waals surface area contributed by atoms with E-state index < -0.39 is 10.0 Å². The van der Waals surface area contributed by atoms with Gasteiger partial charge in [0, 0.05) is 36.9 Å². The molecule has 7 nitrogen and oxygen atoms in total. The predicted molar refractivity (Wildman–Crippen MR) is 178 cm³/mol. The number of sulfonamides is 1. The van der Waals surface area contributed by atoms with Gasteiger partial charge in [-0.25, -0.2) is 0 Å². The lowest BCUT2D eigenvalue weighted by molar-refractivity contribution is -0.140. The standard InChI is InChI=1S/C34H36N2O5S3/c1-4-5-6-7-8-26-13-17-31(42-26)32-19-18-30(43-32)24-11-16-29-28(21-24)34(25(22-41-29)12-20-33(37)40-3)35-36-44(38,39)27-14-9-23(2)10-15-27/h9-11,13-19,21-22,36H,4-8,12,20H2,1-3H3/b35-34-. The van der Waals surface area contributed by atoms with Gasteiger partial charge in [0.1, 0.15) is 10.9 Å². The lowest BCUT2D eigenvalue weighted by Gasteiger charge is -2.08. The average molecular weight is 649 g/mol. The highest BCUT2D eigenvalue weighted by Crippen LogP contribution is 2.38. The van der Waals surface area contributed by atoms with Crippen molar-refractivity contribution in [3.8, 4) is 20.2 Å². The molecular formula is C34H36N2O5S3. The Kier molecular flexibility index (Phi) is 10.3. The summed E-state index contributed by atoms with van der Waals surface area (Å²) in [7, 11) is -2.60. The number of ether oxygens (including phenoxy) is 1. The second-order valence-corrected chi connectivity index (χ2v) is 14.6. The third kappa shape index (κ3) is 7.67. The molecule has 0 fully saturated rings. The highest BCUT2D eigenvalue weighted by molar-refractivity contribution is 7.89. The summed E-state index contributed by atoms with van der Waals surface area (Å²) >= 11 is 3.57. The zero-order valence-corrected chi connectivity index (χ0v) is 27.5. The molecule has 5 aromatic rings. The summed E-state index contributed by atoms with van der Waals surface area (Å²) < 4.78 is 36.9. The minimum absolute atomic E-state index is 0.0974. The highest BCUT2D eigenvalue weighted by Gasteiger charge is 2.15. The van der Waals surface area contributed by atoms with E-state index in [9.17, 15) is 13.2 Å². The van der Waals surface area contributed by atoms with Crippen molar-refractivity contribution in [1.82, 2.24) is 4.83 Å². The fraction of sp³-hybridized carbons (Fsp3) is 0.294. The zero-order chi connectivity index (χ0) is 31.1. The van der Waals surface area contributed by atoms with E-state index in [1.54, 1.807) is 35.6 Å². The molecule has 3 aromatic heterocycles. The van der Waals surface area contributed by atoms with Crippen LogP contribution in [0.4, 0.5) is 0 Å². The van der Waals surface area contributed by atoms with Crippen molar-refractivity contribution >= 4 is 49.6 Å². The van der Waals surface area contributed by atoms with Gasteiger partial charge in [-0.2, -0.15) is 18.4 Å². The molecule has 0 bridgehead atoms. The molecule has 10 heteroatoms. The summed E-state index contributed by atoms with van der Waals surface area (Å²) in [4.78, 5) is 19.4. The molecule has 0 saturated heterocycles. The first kappa shape index (κ1) is 31.7. The molecule has 0 atom stereocenters. The zero-order valence-electron chi connectivity index (χ0n) is 25.1. The Balaban J connectivity index is 1.49. The van der Waals surface area contributed by atoms with Crippen molar-refractivity contribution in [1.29, 1.82) is 0 Å². The number of unbranched alkanes of at least 4 members (excludes halogenated alkanes) is 3. The smallest absolute Gasteiger partial charge is 0.305 e. The van der Waals surface area contributed by atoms with Crippen LogP contribution in [0.25, 0.3) is 31.2 Å². The van der Waals surface area contributed by atoms with Crippen molar-refractivity contribution < 1.29 is 22.4 Å². The maximum Gasteiger partial charge on any atom is 0.305 e. The van der Waals surface area contributed by atoms with E-state index in [0.717, 1.165) is 22.4 Å². The largest absolute Gasteiger partial charge is 0.469 e. The van der Waals surface area contributed by atoms with Gasteiger partial charge >= 0.3 is 5.97 Å². The number of nitrogens with zero attached hydrogens (tertiary/aromatic N) is 1. The quantitative estimate of drug-likeness (QED) is 0.0788. The van der Waals surface area contributed by atoms with Gasteiger partial charge in [-0.1, -0.05) is 43.9 Å². The molecule has 0 aliphatic carbocycles. The number of thiophene rings is 2. The van der Waals surface area contributed by atoms with Gasteiger partial charge in [-0.15, -0.1) is 22.7 Å². The van der Waals surface area contributed by atoms with E-state index in [0.29, 0.717) is 21.9 Å². The number of hydrogen-bond donors (Lipinski definition) is 1. The molecule has 230 valence electrons. The van der Waals surface area contributed by atoms with Crippen LogP contribution in [0.15, 0.2) is 87.4 Å². The average Bonchev–Trinajstić information content (AvgIpc) is 3.71. The summed E-state index contributed by atoms with van der Waals surface area (Å²) in [6, 6.07) is 21.1. The molecule has 0 amide bonds. The van der Waals surface area contributed by atoms with Crippen LogP contribution in [-0.2, 0) is 32.4 Å². The molecule has 2 aromatic carbocycles. The monoisotopic (exact) mass is 648 g/mol. The number of rotatable bonds is 13. The van der Waals surface area contributed by atoms with Crippen LogP contribution in [0.5, 0.6) is 0 Å². The molecule has 3 heterocycles. The number of carbonyl (C=O) groups is 1. The Morgan fingerprint density at radius 1 is 0.909 bits per heavy atom. The minimum Gasteiger partial charge on any atom is -0.469 e. The fourth-order valence-electron chi connectivity index (χ4n) is 4.85. The van der Waals surface area contributed by atoms with Gasteiger partial charge in [-0.05, 0) is 86.3 Å². The summed E-state index contributed by atoms with van der Waals surface area (Å²) in [6.07, 6.45) is 8.02. The predicted octanol–water partition coefficient (Wildman–Crippen LogP) is 8.22. The third-order valence-corrected chi connectivity index (χ3v) is 11.1. The summed E-state index contributed by atoms with van der Waals surface area (Å²) in [5.41, 5.74) is 3.05. The van der Waals surface area contributed by atoms with Gasteiger partial charge in [0.05, 0.1) is 18.3 Å². The highest BCUT2D eigenvalue weighted by atomic mass is 32.2. The van der Waals surface area contributed by atoms with Crippen LogP contribution >= 0.6 is 22.7 Å². The fourth-order valence-corrected chi connectivity index (χ4v) is 7.81. The van der Waals surface area contributed by atoms with Gasteiger partial charge in [0.25, 0.3) is 10.0 Å². The van der Waals surface area contributed by atoms with Crippen LogP contribution in [-0.4, -0.2) is 21.5 Å². The number of carbonyl (C=O) groups excluding carboxylic acids is 1. The second kappa shape index (κ2) is 14.4. The van der Waals surface area contributed by atoms with Crippen molar-refractivity contribution in [2.45, 2.75) is 63.7 Å². The lowest BCUT2D eigenvalue weighted by Crippen LogP contribution is -2.24. The number of aryl methyl sites for hydroxylation is 3. The molecule has 1 N–H and O–H groups in total. The topological polar surface area (TPSA) is 98.0 Å². The third-order valence-electron chi connectivity index (χ3n) is 7.37. The SMILES string of the molecule is CCCCCCc1ccc(-c2ccc(-c3ccc4occ(CCC(=O)OC)/c(=N/NS(=O)(=O)c5ccc(C)cc5)c4c3)s2)s1. The molecular weight excluding hydrogens is 613 g/mol. The normalized spacial score (nSPS) is 12.1. The molecule has 0 radical (unpaired) electrons. The first-order chi connectivity index (χ1) is 21.3. The minimum atomic E-state index is -3.93. The Labute approximate surface area is 266 Å². The number of hydrogen-bond acceptors (Lipinski definition) is 8. The van der Waals surface area contributed by atoms with Gasteiger partial charge < -0.3 is 9.15 Å². The van der Waals surface area contributed by atoms with Crippen LogP contribution in [0, 0.1) is 6.92 Å². The van der Waals surface area contributed by atoms with Crippen molar-refractivity contribution in [3.05, 3.63) is 94.4 Å². The number of esters is 1.